The second-order valence-electron chi connectivity index (χ2n) is 11.6. The highest BCUT2D eigenvalue weighted by Gasteiger charge is 2.50. The van der Waals surface area contributed by atoms with Crippen molar-refractivity contribution in [2.24, 2.45) is 23.2 Å². The van der Waals surface area contributed by atoms with Crippen molar-refractivity contribution in [1.82, 2.24) is 0 Å². The van der Waals surface area contributed by atoms with Gasteiger partial charge in [-0.2, -0.15) is 0 Å². The van der Waals surface area contributed by atoms with Crippen LogP contribution in [0.1, 0.15) is 101 Å². The van der Waals surface area contributed by atoms with Crippen LogP contribution in [-0.2, 0) is 0 Å². The zero-order chi connectivity index (χ0) is 23.6. The minimum atomic E-state index is -0.394. The lowest BCUT2D eigenvalue weighted by atomic mass is 9.60. The van der Waals surface area contributed by atoms with Crippen LogP contribution >= 0.6 is 11.3 Å². The maximum Gasteiger partial charge on any atom is 0.0882 e. The molecule has 33 heavy (non-hydrogen) atoms. The van der Waals surface area contributed by atoms with Crippen molar-refractivity contribution in [3.05, 3.63) is 45.2 Å². The molecule has 0 radical (unpaired) electrons. The Kier molecular flexibility index (Phi) is 8.21. The van der Waals surface area contributed by atoms with E-state index in [1.54, 1.807) is 16.9 Å². The molecule has 3 saturated carbocycles. The summed E-state index contributed by atoms with van der Waals surface area (Å²) in [5, 5.41) is 32.7. The standard InChI is InChI=1S/C29H44O3S/c1-19-14-28(33-18-19)27(32)8-4-6-20(2)25-11-12-26-22(7-5-13-29(25,26)3)10-9-21-15-23(30)17-24(31)16-21/h9-10,14,18,20,23-27,30-32H,4-8,11-13,15-17H2,1-3H3/b22-10+/t20-,23+,24+,25+,26-,27+,29+/m0/s1. The summed E-state index contributed by atoms with van der Waals surface area (Å²) < 4.78 is 0. The lowest BCUT2D eigenvalue weighted by Gasteiger charge is -2.44. The molecule has 0 aliphatic heterocycles. The van der Waals surface area contributed by atoms with Crippen molar-refractivity contribution in [1.29, 1.82) is 0 Å². The Morgan fingerprint density at radius 2 is 1.91 bits per heavy atom. The van der Waals surface area contributed by atoms with Gasteiger partial charge in [0, 0.05) is 4.88 Å². The molecule has 1 aromatic heterocycles. The largest absolute Gasteiger partial charge is 0.393 e. The number of hydrogen-bond donors (Lipinski definition) is 3. The smallest absolute Gasteiger partial charge is 0.0882 e. The van der Waals surface area contributed by atoms with Crippen LogP contribution in [0.5, 0.6) is 0 Å². The maximum absolute atomic E-state index is 10.6. The number of thiophene rings is 1. The molecule has 1 heterocycles. The Labute approximate surface area is 204 Å². The van der Waals surface area contributed by atoms with Crippen molar-refractivity contribution in [2.75, 3.05) is 0 Å². The lowest BCUT2D eigenvalue weighted by Crippen LogP contribution is -2.36. The van der Waals surface area contributed by atoms with Gasteiger partial charge < -0.3 is 15.3 Å². The minimum absolute atomic E-state index is 0.308. The Hall–Kier alpha value is -0.940. The van der Waals surface area contributed by atoms with Gasteiger partial charge in [0.25, 0.3) is 0 Å². The van der Waals surface area contributed by atoms with Crippen molar-refractivity contribution in [3.63, 3.8) is 0 Å². The van der Waals surface area contributed by atoms with Gasteiger partial charge in [-0.3, -0.25) is 0 Å². The molecule has 1 aromatic rings. The summed E-state index contributed by atoms with van der Waals surface area (Å²) in [6, 6.07) is 2.13. The lowest BCUT2D eigenvalue weighted by molar-refractivity contribution is 0.0609. The molecule has 3 nitrogen and oxygen atoms in total. The second-order valence-corrected chi connectivity index (χ2v) is 12.5. The highest BCUT2D eigenvalue weighted by molar-refractivity contribution is 7.10. The van der Waals surface area contributed by atoms with Crippen LogP contribution in [0, 0.1) is 30.1 Å². The molecule has 0 spiro atoms. The first-order valence-corrected chi connectivity index (χ1v) is 14.1. The molecule has 0 aromatic carbocycles. The van der Waals surface area contributed by atoms with Gasteiger partial charge in [0.05, 0.1) is 18.3 Å². The monoisotopic (exact) mass is 472 g/mol. The number of allylic oxidation sites excluding steroid dienone is 3. The van der Waals surface area contributed by atoms with Crippen molar-refractivity contribution in [3.8, 4) is 0 Å². The fourth-order valence-corrected chi connectivity index (χ4v) is 8.27. The van der Waals surface area contributed by atoms with E-state index in [-0.39, 0.29) is 6.10 Å². The summed E-state index contributed by atoms with van der Waals surface area (Å²) in [7, 11) is 0. The second kappa shape index (κ2) is 10.8. The molecule has 7 atom stereocenters. The molecular weight excluding hydrogens is 428 g/mol. The van der Waals surface area contributed by atoms with E-state index >= 15 is 0 Å². The third-order valence-electron chi connectivity index (χ3n) is 9.01. The third kappa shape index (κ3) is 5.83. The molecule has 0 unspecified atom stereocenters. The average Bonchev–Trinajstić information content (AvgIpc) is 3.34. The summed E-state index contributed by atoms with van der Waals surface area (Å²) in [6.45, 7) is 7.09. The van der Waals surface area contributed by atoms with E-state index in [0.29, 0.717) is 36.5 Å². The first kappa shape index (κ1) is 25.2. The van der Waals surface area contributed by atoms with Crippen LogP contribution in [0.15, 0.2) is 34.7 Å². The quantitative estimate of drug-likeness (QED) is 0.406. The normalized spacial score (nSPS) is 35.5. The van der Waals surface area contributed by atoms with Gasteiger partial charge in [0.1, 0.15) is 0 Å². The molecular formula is C29H44O3S. The molecule has 3 aliphatic carbocycles. The summed E-state index contributed by atoms with van der Waals surface area (Å²) in [5.41, 5.74) is 4.43. The fraction of sp³-hybridized carbons (Fsp3) is 0.724. The SMILES string of the molecule is Cc1csc([C@H](O)CCC[C@H](C)[C@H]2CC[C@H]3/C(=C/C=C4C[C@@H](O)C[C@H](O)C4)CCC[C@]23C)c1. The molecule has 0 saturated heterocycles. The molecule has 3 N–H and O–H groups in total. The predicted molar refractivity (Wildman–Crippen MR) is 137 cm³/mol. The number of aliphatic hydroxyl groups is 3. The molecule has 3 fully saturated rings. The van der Waals surface area contributed by atoms with E-state index in [1.165, 1.54) is 49.7 Å². The van der Waals surface area contributed by atoms with Crippen LogP contribution in [0.4, 0.5) is 0 Å². The maximum atomic E-state index is 10.6. The molecule has 4 rings (SSSR count). The molecule has 4 heteroatoms. The Morgan fingerprint density at radius 1 is 1.15 bits per heavy atom. The van der Waals surface area contributed by atoms with E-state index in [9.17, 15) is 15.3 Å². The van der Waals surface area contributed by atoms with Gasteiger partial charge >= 0.3 is 0 Å². The number of rotatable bonds is 7. The summed E-state index contributed by atoms with van der Waals surface area (Å²) in [6.07, 6.45) is 15.0. The van der Waals surface area contributed by atoms with E-state index in [4.69, 9.17) is 0 Å². The van der Waals surface area contributed by atoms with Crippen LogP contribution in [-0.4, -0.2) is 27.5 Å². The minimum Gasteiger partial charge on any atom is -0.393 e. The zero-order valence-corrected chi connectivity index (χ0v) is 21.6. The van der Waals surface area contributed by atoms with Gasteiger partial charge in [-0.15, -0.1) is 11.3 Å². The topological polar surface area (TPSA) is 60.7 Å². The highest BCUT2D eigenvalue weighted by Crippen LogP contribution is 2.60. The zero-order valence-electron chi connectivity index (χ0n) is 20.8. The summed E-state index contributed by atoms with van der Waals surface area (Å²) in [5.74, 6) is 2.13. The van der Waals surface area contributed by atoms with E-state index in [0.717, 1.165) is 23.6 Å². The van der Waals surface area contributed by atoms with Crippen molar-refractivity contribution < 1.29 is 15.3 Å². The van der Waals surface area contributed by atoms with Gasteiger partial charge in [-0.05, 0) is 105 Å². The molecule has 184 valence electrons. The van der Waals surface area contributed by atoms with Crippen LogP contribution in [0.3, 0.4) is 0 Å². The number of aryl methyl sites for hydroxylation is 1. The van der Waals surface area contributed by atoms with E-state index < -0.39 is 12.2 Å². The third-order valence-corrected chi connectivity index (χ3v) is 10.2. The van der Waals surface area contributed by atoms with Gasteiger partial charge in [-0.1, -0.05) is 50.0 Å². The first-order chi connectivity index (χ1) is 15.8. The van der Waals surface area contributed by atoms with E-state index in [1.807, 2.05) is 0 Å². The first-order valence-electron chi connectivity index (χ1n) is 13.2. The van der Waals surface area contributed by atoms with Crippen LogP contribution in [0.25, 0.3) is 0 Å². The van der Waals surface area contributed by atoms with E-state index in [2.05, 4.69) is 44.4 Å². The fourth-order valence-electron chi connectivity index (χ4n) is 7.35. The van der Waals surface area contributed by atoms with Crippen LogP contribution < -0.4 is 0 Å². The molecule has 0 amide bonds. The van der Waals surface area contributed by atoms with Gasteiger partial charge in [0.15, 0.2) is 0 Å². The van der Waals surface area contributed by atoms with Gasteiger partial charge in [0.2, 0.25) is 0 Å². The Bertz CT molecular complexity index is 843. The number of fused-ring (bicyclic) bond motifs is 1. The average molecular weight is 473 g/mol. The highest BCUT2D eigenvalue weighted by atomic mass is 32.1. The summed E-state index contributed by atoms with van der Waals surface area (Å²) in [4.78, 5) is 1.11. The Balaban J connectivity index is 1.35. The van der Waals surface area contributed by atoms with Crippen LogP contribution in [0.2, 0.25) is 0 Å². The predicted octanol–water partition coefficient (Wildman–Crippen LogP) is 6.87. The number of aliphatic hydroxyl groups excluding tert-OH is 3. The number of hydrogen-bond acceptors (Lipinski definition) is 4. The Morgan fingerprint density at radius 3 is 2.61 bits per heavy atom. The molecule has 0 bridgehead atoms. The van der Waals surface area contributed by atoms with Crippen molar-refractivity contribution >= 4 is 11.3 Å². The van der Waals surface area contributed by atoms with Crippen molar-refractivity contribution in [2.45, 2.75) is 110 Å². The summed E-state index contributed by atoms with van der Waals surface area (Å²) >= 11 is 1.68. The van der Waals surface area contributed by atoms with Gasteiger partial charge in [-0.25, -0.2) is 0 Å². The molecule has 3 aliphatic rings.